The Kier molecular flexibility index (Phi) is 4.52. The molecule has 3 N–H and O–H groups in total. The predicted octanol–water partition coefficient (Wildman–Crippen LogP) is 1.83. The minimum Gasteiger partial charge on any atom is -0.381 e. The van der Waals surface area contributed by atoms with E-state index in [0.717, 1.165) is 24.0 Å². The van der Waals surface area contributed by atoms with Crippen molar-refractivity contribution in [2.75, 3.05) is 20.3 Å². The highest BCUT2D eigenvalue weighted by Gasteiger charge is 2.41. The van der Waals surface area contributed by atoms with E-state index < -0.39 is 5.60 Å². The van der Waals surface area contributed by atoms with E-state index in [1.165, 1.54) is 12.1 Å². The second-order valence-corrected chi connectivity index (χ2v) is 5.04. The van der Waals surface area contributed by atoms with Crippen LogP contribution in [0.4, 0.5) is 4.39 Å². The quantitative estimate of drug-likeness (QED) is 0.646. The average molecular weight is 268 g/mol. The number of halogens is 1. The monoisotopic (exact) mass is 268 g/mol. The molecule has 1 aliphatic rings. The first-order valence-electron chi connectivity index (χ1n) is 6.47. The molecule has 0 aliphatic carbocycles. The van der Waals surface area contributed by atoms with Gasteiger partial charge in [0.1, 0.15) is 5.82 Å². The van der Waals surface area contributed by atoms with Gasteiger partial charge in [-0.2, -0.15) is 0 Å². The lowest BCUT2D eigenvalue weighted by Crippen LogP contribution is -2.51. The van der Waals surface area contributed by atoms with Gasteiger partial charge in [0.05, 0.1) is 11.6 Å². The van der Waals surface area contributed by atoms with E-state index in [9.17, 15) is 4.39 Å². The summed E-state index contributed by atoms with van der Waals surface area (Å²) < 4.78 is 24.7. The number of aryl methyl sites for hydroxylation is 1. The van der Waals surface area contributed by atoms with Crippen molar-refractivity contribution in [3.8, 4) is 0 Å². The molecule has 0 radical (unpaired) electrons. The van der Waals surface area contributed by atoms with Crippen LogP contribution in [0.15, 0.2) is 18.2 Å². The van der Waals surface area contributed by atoms with Crippen molar-refractivity contribution < 1.29 is 13.9 Å². The van der Waals surface area contributed by atoms with Gasteiger partial charge < -0.3 is 9.47 Å². The first kappa shape index (κ1) is 14.4. The summed E-state index contributed by atoms with van der Waals surface area (Å²) in [5.74, 6) is 5.45. The summed E-state index contributed by atoms with van der Waals surface area (Å²) in [7, 11) is 1.67. The number of nitrogens with two attached hydrogens (primary N) is 1. The van der Waals surface area contributed by atoms with Gasteiger partial charge >= 0.3 is 0 Å². The normalized spacial score (nSPS) is 20.2. The Morgan fingerprint density at radius 2 is 2.05 bits per heavy atom. The Hall–Kier alpha value is -1.01. The number of hydrogen-bond acceptors (Lipinski definition) is 4. The second-order valence-electron chi connectivity index (χ2n) is 5.04. The molecule has 1 unspecified atom stereocenters. The van der Waals surface area contributed by atoms with Gasteiger partial charge in [-0.3, -0.25) is 11.3 Å². The molecule has 0 saturated carbocycles. The summed E-state index contributed by atoms with van der Waals surface area (Å²) in [5, 5.41) is 0. The summed E-state index contributed by atoms with van der Waals surface area (Å²) in [5.41, 5.74) is 4.01. The molecule has 0 amide bonds. The van der Waals surface area contributed by atoms with Crippen molar-refractivity contribution in [3.63, 3.8) is 0 Å². The second kappa shape index (κ2) is 5.96. The molecule has 0 aromatic heterocycles. The standard InChI is InChI=1S/C14H21FN2O2/c1-10-7-11(9-12(15)8-10)13(17-16)14(18-2)3-5-19-6-4-14/h7-9,13,17H,3-6,16H2,1-2H3. The Morgan fingerprint density at radius 1 is 1.37 bits per heavy atom. The van der Waals surface area contributed by atoms with Gasteiger partial charge in [0, 0.05) is 33.2 Å². The highest BCUT2D eigenvalue weighted by molar-refractivity contribution is 5.28. The van der Waals surface area contributed by atoms with Crippen LogP contribution in [-0.2, 0) is 9.47 Å². The van der Waals surface area contributed by atoms with Crippen LogP contribution in [0.1, 0.15) is 30.0 Å². The lowest BCUT2D eigenvalue weighted by molar-refractivity contribution is -0.111. The van der Waals surface area contributed by atoms with E-state index in [-0.39, 0.29) is 11.9 Å². The van der Waals surface area contributed by atoms with Crippen molar-refractivity contribution >= 4 is 0 Å². The molecular formula is C14H21FN2O2. The molecule has 1 fully saturated rings. The summed E-state index contributed by atoms with van der Waals surface area (Å²) >= 11 is 0. The van der Waals surface area contributed by atoms with Crippen molar-refractivity contribution in [1.82, 2.24) is 5.43 Å². The lowest BCUT2D eigenvalue weighted by Gasteiger charge is -2.42. The Bertz CT molecular complexity index is 413. The highest BCUT2D eigenvalue weighted by Crippen LogP contribution is 2.37. The smallest absolute Gasteiger partial charge is 0.123 e. The van der Waals surface area contributed by atoms with Gasteiger partial charge in [-0.25, -0.2) is 4.39 Å². The number of nitrogens with one attached hydrogen (secondary N) is 1. The van der Waals surface area contributed by atoms with E-state index in [1.54, 1.807) is 7.11 Å². The average Bonchev–Trinajstić information content (AvgIpc) is 2.39. The van der Waals surface area contributed by atoms with Gasteiger partial charge in [-0.1, -0.05) is 6.07 Å². The minimum absolute atomic E-state index is 0.254. The fourth-order valence-electron chi connectivity index (χ4n) is 2.81. The van der Waals surface area contributed by atoms with Crippen molar-refractivity contribution in [2.24, 2.45) is 5.84 Å². The number of hydrazine groups is 1. The van der Waals surface area contributed by atoms with Crippen LogP contribution in [0.25, 0.3) is 0 Å². The van der Waals surface area contributed by atoms with Crippen LogP contribution in [0.5, 0.6) is 0 Å². The zero-order chi connectivity index (χ0) is 13.9. The van der Waals surface area contributed by atoms with Gasteiger partial charge in [0.15, 0.2) is 0 Å². The van der Waals surface area contributed by atoms with Crippen molar-refractivity contribution in [1.29, 1.82) is 0 Å². The zero-order valence-electron chi connectivity index (χ0n) is 11.4. The van der Waals surface area contributed by atoms with Crippen LogP contribution in [0.3, 0.4) is 0 Å². The maximum absolute atomic E-state index is 13.6. The van der Waals surface area contributed by atoms with E-state index >= 15 is 0 Å². The predicted molar refractivity (Wildman–Crippen MR) is 71.0 cm³/mol. The van der Waals surface area contributed by atoms with Gasteiger partial charge in [-0.15, -0.1) is 0 Å². The largest absolute Gasteiger partial charge is 0.381 e. The summed E-state index contributed by atoms with van der Waals surface area (Å²) in [6, 6.07) is 4.69. The molecule has 106 valence electrons. The molecule has 5 heteroatoms. The summed E-state index contributed by atoms with van der Waals surface area (Å²) in [6.07, 6.45) is 1.46. The van der Waals surface area contributed by atoms with E-state index in [0.29, 0.717) is 13.2 Å². The molecular weight excluding hydrogens is 247 g/mol. The maximum atomic E-state index is 13.6. The molecule has 1 aromatic carbocycles. The van der Waals surface area contributed by atoms with Crippen LogP contribution >= 0.6 is 0 Å². The molecule has 4 nitrogen and oxygen atoms in total. The van der Waals surface area contributed by atoms with Crippen molar-refractivity contribution in [3.05, 3.63) is 35.1 Å². The Morgan fingerprint density at radius 3 is 2.58 bits per heavy atom. The third kappa shape index (κ3) is 2.95. The van der Waals surface area contributed by atoms with E-state index in [4.69, 9.17) is 15.3 Å². The number of rotatable bonds is 4. The van der Waals surface area contributed by atoms with E-state index in [2.05, 4.69) is 5.43 Å². The first-order chi connectivity index (χ1) is 9.11. The summed E-state index contributed by atoms with van der Waals surface area (Å²) in [6.45, 7) is 3.12. The van der Waals surface area contributed by atoms with Crippen LogP contribution < -0.4 is 11.3 Å². The molecule has 19 heavy (non-hydrogen) atoms. The topological polar surface area (TPSA) is 56.5 Å². The fraction of sp³-hybridized carbons (Fsp3) is 0.571. The lowest BCUT2D eigenvalue weighted by atomic mass is 9.82. The minimum atomic E-state index is -0.451. The molecule has 0 spiro atoms. The Labute approximate surface area is 113 Å². The van der Waals surface area contributed by atoms with Gasteiger partial charge in [0.2, 0.25) is 0 Å². The molecule has 2 rings (SSSR count). The Balaban J connectivity index is 2.36. The van der Waals surface area contributed by atoms with Crippen LogP contribution in [-0.4, -0.2) is 25.9 Å². The number of hydrogen-bond donors (Lipinski definition) is 2. The maximum Gasteiger partial charge on any atom is 0.123 e. The van der Waals surface area contributed by atoms with Crippen LogP contribution in [0.2, 0.25) is 0 Å². The highest BCUT2D eigenvalue weighted by atomic mass is 19.1. The number of methoxy groups -OCH3 is 1. The van der Waals surface area contributed by atoms with Gasteiger partial charge in [-0.05, 0) is 30.2 Å². The molecule has 1 atom stereocenters. The third-order valence-corrected chi connectivity index (χ3v) is 3.84. The third-order valence-electron chi connectivity index (χ3n) is 3.84. The SMILES string of the molecule is COC1(C(NN)c2cc(C)cc(F)c2)CCOCC1. The van der Waals surface area contributed by atoms with Gasteiger partial charge in [0.25, 0.3) is 0 Å². The van der Waals surface area contributed by atoms with E-state index in [1.807, 2.05) is 13.0 Å². The molecule has 1 heterocycles. The molecule has 1 saturated heterocycles. The number of benzene rings is 1. The molecule has 1 aliphatic heterocycles. The fourth-order valence-corrected chi connectivity index (χ4v) is 2.81. The van der Waals surface area contributed by atoms with Crippen LogP contribution in [0, 0.1) is 12.7 Å². The number of ether oxygens (including phenoxy) is 2. The first-order valence-corrected chi connectivity index (χ1v) is 6.47. The molecule has 1 aromatic rings. The molecule has 0 bridgehead atoms. The van der Waals surface area contributed by atoms with Crippen molar-refractivity contribution in [2.45, 2.75) is 31.4 Å². The zero-order valence-corrected chi connectivity index (χ0v) is 11.4. The summed E-state index contributed by atoms with van der Waals surface area (Å²) in [4.78, 5) is 0.